The van der Waals surface area contributed by atoms with Gasteiger partial charge in [0.2, 0.25) is 0 Å². The topological polar surface area (TPSA) is 47.6 Å². The third-order valence-corrected chi connectivity index (χ3v) is 3.01. The van der Waals surface area contributed by atoms with Crippen molar-refractivity contribution in [2.45, 2.75) is 39.0 Å². The molecule has 92 valence electrons. The average molecular weight is 238 g/mol. The van der Waals surface area contributed by atoms with Gasteiger partial charge in [0, 0.05) is 0 Å². The van der Waals surface area contributed by atoms with E-state index in [1.807, 2.05) is 25.1 Å². The molecule has 0 aliphatic carbocycles. The summed E-state index contributed by atoms with van der Waals surface area (Å²) in [6, 6.07) is 14.3. The Morgan fingerprint density at radius 1 is 1.00 bits per heavy atom. The highest BCUT2D eigenvalue weighted by Gasteiger charge is 2.00. The lowest BCUT2D eigenvalue weighted by Gasteiger charge is -2.02. The lowest BCUT2D eigenvalue weighted by molar-refractivity contribution is 0.675. The molecule has 1 aromatic carbocycles. The fraction of sp³-hybridized carbons (Fsp3) is 0.375. The van der Waals surface area contributed by atoms with Crippen LogP contribution in [0.25, 0.3) is 0 Å². The lowest BCUT2D eigenvalue weighted by atomic mass is 10.0. The van der Waals surface area contributed by atoms with E-state index in [0.717, 1.165) is 37.7 Å². The summed E-state index contributed by atoms with van der Waals surface area (Å²) < 4.78 is 0. The Balaban J connectivity index is 2.23. The maximum Gasteiger partial charge on any atom is 0.128 e. The maximum absolute atomic E-state index is 8.72. The third kappa shape index (κ3) is 4.85. The molecule has 0 N–H and O–H groups in total. The lowest BCUT2D eigenvalue weighted by Crippen LogP contribution is -1.88. The molecule has 2 nitrogen and oxygen atoms in total. The van der Waals surface area contributed by atoms with Gasteiger partial charge in [-0.3, -0.25) is 0 Å². The number of nitrogens with zero attached hydrogens (tertiary/aromatic N) is 2. The number of rotatable bonds is 6. The monoisotopic (exact) mass is 238 g/mol. The Bertz CT molecular complexity index is 456. The van der Waals surface area contributed by atoms with Crippen molar-refractivity contribution in [3.05, 3.63) is 47.0 Å². The number of hydrogen-bond donors (Lipinski definition) is 0. The van der Waals surface area contributed by atoms with Crippen molar-refractivity contribution in [2.75, 3.05) is 0 Å². The van der Waals surface area contributed by atoms with Gasteiger partial charge in [-0.2, -0.15) is 10.5 Å². The minimum atomic E-state index is 0.276. The smallest absolute Gasteiger partial charge is 0.128 e. The Labute approximate surface area is 109 Å². The van der Waals surface area contributed by atoms with E-state index in [-0.39, 0.29) is 5.57 Å². The van der Waals surface area contributed by atoms with Crippen molar-refractivity contribution in [1.29, 1.82) is 10.5 Å². The first kappa shape index (κ1) is 14.0. The normalized spacial score (nSPS) is 9.28. The largest absolute Gasteiger partial charge is 0.192 e. The van der Waals surface area contributed by atoms with Gasteiger partial charge in [-0.05, 0) is 43.7 Å². The molecular formula is C16H18N2. The first-order valence-corrected chi connectivity index (χ1v) is 6.32. The van der Waals surface area contributed by atoms with Crippen LogP contribution in [0.2, 0.25) is 0 Å². The van der Waals surface area contributed by atoms with E-state index in [1.54, 1.807) is 0 Å². The van der Waals surface area contributed by atoms with Crippen LogP contribution in [0.15, 0.2) is 41.5 Å². The summed E-state index contributed by atoms with van der Waals surface area (Å²) in [5, 5.41) is 17.4. The highest BCUT2D eigenvalue weighted by molar-refractivity contribution is 5.39. The number of aryl methyl sites for hydroxylation is 1. The predicted octanol–water partition coefficient (Wildman–Crippen LogP) is 4.15. The molecular weight excluding hydrogens is 220 g/mol. The zero-order chi connectivity index (χ0) is 13.2. The Kier molecular flexibility index (Phi) is 6.30. The molecule has 18 heavy (non-hydrogen) atoms. The second kappa shape index (κ2) is 8.09. The minimum absolute atomic E-state index is 0.276. The quantitative estimate of drug-likeness (QED) is 0.552. The van der Waals surface area contributed by atoms with E-state index >= 15 is 0 Å². The molecule has 2 heteroatoms. The summed E-state index contributed by atoms with van der Waals surface area (Å²) >= 11 is 0. The molecule has 0 spiro atoms. The molecule has 0 saturated carbocycles. The van der Waals surface area contributed by atoms with Crippen LogP contribution in [0.5, 0.6) is 0 Å². The zero-order valence-electron chi connectivity index (χ0n) is 10.8. The number of hydrogen-bond acceptors (Lipinski definition) is 2. The van der Waals surface area contributed by atoms with Crippen molar-refractivity contribution < 1.29 is 0 Å². The standard InChI is InChI=1S/C16H18N2/c1-14(16(12-17)13-18)8-4-2-5-9-15-10-6-3-7-11-15/h3,6-7,10-11H,2,4-5,8-9H2,1H3. The Morgan fingerprint density at radius 3 is 2.28 bits per heavy atom. The molecule has 0 aromatic heterocycles. The van der Waals surface area contributed by atoms with E-state index in [0.29, 0.717) is 0 Å². The Morgan fingerprint density at radius 2 is 1.67 bits per heavy atom. The summed E-state index contributed by atoms with van der Waals surface area (Å²) in [7, 11) is 0. The highest BCUT2D eigenvalue weighted by Crippen LogP contribution is 2.13. The molecule has 1 aromatic rings. The second-order valence-electron chi connectivity index (χ2n) is 4.43. The van der Waals surface area contributed by atoms with Crippen LogP contribution in [-0.2, 0) is 6.42 Å². The number of allylic oxidation sites excluding steroid dienone is 2. The molecule has 0 aliphatic rings. The van der Waals surface area contributed by atoms with Gasteiger partial charge in [0.05, 0.1) is 0 Å². The Hall–Kier alpha value is -2.06. The SMILES string of the molecule is CC(CCCCCc1ccccc1)=C(C#N)C#N. The molecule has 0 heterocycles. The summed E-state index contributed by atoms with van der Waals surface area (Å²) in [6.45, 7) is 1.87. The van der Waals surface area contributed by atoms with Gasteiger partial charge in [-0.1, -0.05) is 36.8 Å². The van der Waals surface area contributed by atoms with Crippen molar-refractivity contribution >= 4 is 0 Å². The fourth-order valence-corrected chi connectivity index (χ4v) is 1.88. The van der Waals surface area contributed by atoms with E-state index in [1.165, 1.54) is 5.56 Å². The zero-order valence-corrected chi connectivity index (χ0v) is 10.8. The van der Waals surface area contributed by atoms with Gasteiger partial charge in [0.15, 0.2) is 0 Å². The summed E-state index contributed by atoms with van der Waals surface area (Å²) in [5.74, 6) is 0. The molecule has 0 atom stereocenters. The average Bonchev–Trinajstić information content (AvgIpc) is 2.41. The number of unbranched alkanes of at least 4 members (excludes halogenated alkanes) is 2. The fourth-order valence-electron chi connectivity index (χ4n) is 1.88. The molecule has 0 unspecified atom stereocenters. The van der Waals surface area contributed by atoms with Crippen LogP contribution in [0.4, 0.5) is 0 Å². The summed E-state index contributed by atoms with van der Waals surface area (Å²) in [4.78, 5) is 0. The van der Waals surface area contributed by atoms with E-state index < -0.39 is 0 Å². The van der Waals surface area contributed by atoms with Crippen molar-refractivity contribution in [3.8, 4) is 12.1 Å². The van der Waals surface area contributed by atoms with Crippen LogP contribution in [0, 0.1) is 22.7 Å². The van der Waals surface area contributed by atoms with Gasteiger partial charge in [-0.15, -0.1) is 0 Å². The first-order chi connectivity index (χ1) is 8.77. The molecule has 0 radical (unpaired) electrons. The van der Waals surface area contributed by atoms with Gasteiger partial charge < -0.3 is 0 Å². The van der Waals surface area contributed by atoms with E-state index in [4.69, 9.17) is 10.5 Å². The van der Waals surface area contributed by atoms with Gasteiger partial charge in [-0.25, -0.2) is 0 Å². The summed E-state index contributed by atoms with van der Waals surface area (Å²) in [6.07, 6.45) is 5.30. The molecule has 0 saturated heterocycles. The van der Waals surface area contributed by atoms with E-state index in [9.17, 15) is 0 Å². The van der Waals surface area contributed by atoms with Crippen molar-refractivity contribution in [1.82, 2.24) is 0 Å². The third-order valence-electron chi connectivity index (χ3n) is 3.01. The second-order valence-corrected chi connectivity index (χ2v) is 4.43. The van der Waals surface area contributed by atoms with Gasteiger partial charge >= 0.3 is 0 Å². The van der Waals surface area contributed by atoms with Gasteiger partial charge in [0.1, 0.15) is 17.7 Å². The molecule has 0 fully saturated rings. The van der Waals surface area contributed by atoms with Gasteiger partial charge in [0.25, 0.3) is 0 Å². The van der Waals surface area contributed by atoms with Crippen molar-refractivity contribution in [3.63, 3.8) is 0 Å². The summed E-state index contributed by atoms with van der Waals surface area (Å²) in [5.41, 5.74) is 2.57. The maximum atomic E-state index is 8.72. The predicted molar refractivity (Wildman–Crippen MR) is 72.5 cm³/mol. The molecule has 0 amide bonds. The van der Waals surface area contributed by atoms with Crippen LogP contribution in [0.1, 0.15) is 38.2 Å². The molecule has 0 aliphatic heterocycles. The number of nitriles is 2. The van der Waals surface area contributed by atoms with Crippen LogP contribution < -0.4 is 0 Å². The number of benzene rings is 1. The first-order valence-electron chi connectivity index (χ1n) is 6.32. The highest BCUT2D eigenvalue weighted by atomic mass is 14.3. The van der Waals surface area contributed by atoms with Crippen LogP contribution in [-0.4, -0.2) is 0 Å². The minimum Gasteiger partial charge on any atom is -0.192 e. The van der Waals surface area contributed by atoms with Crippen molar-refractivity contribution in [2.24, 2.45) is 0 Å². The van der Waals surface area contributed by atoms with E-state index in [2.05, 4.69) is 24.3 Å². The molecule has 0 bridgehead atoms. The van der Waals surface area contributed by atoms with Crippen LogP contribution in [0.3, 0.4) is 0 Å². The van der Waals surface area contributed by atoms with Crippen LogP contribution >= 0.6 is 0 Å². The molecule has 1 rings (SSSR count).